The fraction of sp³-hybridized carbons (Fsp3) is 0.556. The highest BCUT2D eigenvalue weighted by Crippen LogP contribution is 2.33. The van der Waals surface area contributed by atoms with Gasteiger partial charge >= 0.3 is 6.18 Å². The van der Waals surface area contributed by atoms with Crippen LogP contribution in [0.1, 0.15) is 30.6 Å². The molecule has 28 heavy (non-hydrogen) atoms. The maximum Gasteiger partial charge on any atom is 0.426 e. The van der Waals surface area contributed by atoms with E-state index in [0.717, 1.165) is 17.0 Å². The quantitative estimate of drug-likeness (QED) is 0.783. The van der Waals surface area contributed by atoms with Gasteiger partial charge in [-0.25, -0.2) is 8.78 Å². The molecule has 1 fully saturated rings. The van der Waals surface area contributed by atoms with Gasteiger partial charge in [-0.15, -0.1) is 0 Å². The lowest BCUT2D eigenvalue weighted by Crippen LogP contribution is -2.60. The van der Waals surface area contributed by atoms with Crippen LogP contribution in [0.3, 0.4) is 0 Å². The Balaban J connectivity index is 2.11. The lowest BCUT2D eigenvalue weighted by molar-refractivity contribution is -0.251. The van der Waals surface area contributed by atoms with E-state index in [9.17, 15) is 36.6 Å². The number of nitrogens with zero attached hydrogens (tertiary/aromatic N) is 2. The highest BCUT2D eigenvalue weighted by Gasteiger charge is 2.57. The van der Waals surface area contributed by atoms with Crippen LogP contribution < -0.4 is 0 Å². The molecule has 3 atom stereocenters. The second kappa shape index (κ2) is 7.65. The molecule has 1 aromatic rings. The van der Waals surface area contributed by atoms with Gasteiger partial charge in [-0.3, -0.25) is 9.59 Å². The first-order valence-electron chi connectivity index (χ1n) is 8.58. The van der Waals surface area contributed by atoms with Gasteiger partial charge in [0, 0.05) is 32.2 Å². The monoisotopic (exact) mass is 408 g/mol. The molecule has 1 aliphatic heterocycles. The molecule has 1 N–H and O–H groups in total. The Bertz CT molecular complexity index is 766. The van der Waals surface area contributed by atoms with Crippen LogP contribution in [0.2, 0.25) is 0 Å². The van der Waals surface area contributed by atoms with Crippen molar-refractivity contribution in [2.75, 3.05) is 20.1 Å². The number of aliphatic hydroxyl groups is 1. The van der Waals surface area contributed by atoms with Crippen molar-refractivity contribution in [3.05, 3.63) is 35.4 Å². The van der Waals surface area contributed by atoms with Crippen LogP contribution in [0.25, 0.3) is 0 Å². The first-order chi connectivity index (χ1) is 12.8. The van der Waals surface area contributed by atoms with Crippen molar-refractivity contribution < 1.29 is 36.6 Å². The molecule has 1 heterocycles. The molecule has 10 heteroatoms. The fourth-order valence-electron chi connectivity index (χ4n) is 3.33. The summed E-state index contributed by atoms with van der Waals surface area (Å²) in [5.74, 6) is -4.42. The molecule has 1 saturated heterocycles. The van der Waals surface area contributed by atoms with Crippen LogP contribution in [-0.2, 0) is 4.79 Å². The average Bonchev–Trinajstić information content (AvgIpc) is 2.58. The van der Waals surface area contributed by atoms with Crippen molar-refractivity contribution in [3.63, 3.8) is 0 Å². The van der Waals surface area contributed by atoms with Crippen LogP contribution in [0.15, 0.2) is 18.2 Å². The van der Waals surface area contributed by atoms with Gasteiger partial charge in [0.05, 0.1) is 5.56 Å². The van der Waals surface area contributed by atoms with Gasteiger partial charge in [-0.2, -0.15) is 13.2 Å². The average molecular weight is 408 g/mol. The van der Waals surface area contributed by atoms with Crippen LogP contribution >= 0.6 is 0 Å². The molecule has 0 aromatic heterocycles. The van der Waals surface area contributed by atoms with Crippen molar-refractivity contribution in [1.82, 2.24) is 9.80 Å². The molecule has 1 aliphatic rings. The van der Waals surface area contributed by atoms with Crippen LogP contribution in [0.4, 0.5) is 22.0 Å². The van der Waals surface area contributed by atoms with Gasteiger partial charge in [0.1, 0.15) is 11.6 Å². The van der Waals surface area contributed by atoms with E-state index in [0.29, 0.717) is 13.0 Å². The summed E-state index contributed by atoms with van der Waals surface area (Å²) in [4.78, 5) is 26.8. The molecule has 5 nitrogen and oxygen atoms in total. The maximum absolute atomic E-state index is 13.9. The minimum absolute atomic E-state index is 0.108. The van der Waals surface area contributed by atoms with E-state index >= 15 is 0 Å². The van der Waals surface area contributed by atoms with E-state index in [1.165, 1.54) is 11.9 Å². The number of carbonyl (C=O) groups is 2. The fourth-order valence-corrected chi connectivity index (χ4v) is 3.33. The molecule has 0 aliphatic carbocycles. The summed E-state index contributed by atoms with van der Waals surface area (Å²) in [5, 5.41) is 9.57. The third-order valence-electron chi connectivity index (χ3n) is 5.09. The summed E-state index contributed by atoms with van der Waals surface area (Å²) in [5.41, 5.74) is -3.83. The standard InChI is InChI=1S/C18H21F5N2O3/c1-10-9-25(16(27)17(2,28)18(21,22)23)7-6-14(10)24(3)15(26)12-5-4-11(19)8-13(12)20/h4-5,8,10,14,28H,6-7,9H2,1-3H3/t10-,14+,17+/m0/s1. The molecule has 0 unspecified atom stereocenters. The molecule has 0 bridgehead atoms. The SMILES string of the molecule is C[C@H]1CN(C(=O)[C@@](C)(O)C(F)(F)F)CC[C@H]1N(C)C(=O)c1ccc(F)cc1F. The summed E-state index contributed by atoms with van der Waals surface area (Å²) < 4.78 is 65.6. The predicted molar refractivity (Wildman–Crippen MR) is 89.3 cm³/mol. The predicted octanol–water partition coefficient (Wildman–Crippen LogP) is 2.59. The Kier molecular flexibility index (Phi) is 6.03. The molecule has 0 radical (unpaired) electrons. The summed E-state index contributed by atoms with van der Waals surface area (Å²) in [6, 6.07) is 2.09. The largest absolute Gasteiger partial charge is 0.426 e. The van der Waals surface area contributed by atoms with E-state index in [1.54, 1.807) is 6.92 Å². The number of piperidine rings is 1. The van der Waals surface area contributed by atoms with Gasteiger partial charge in [0.15, 0.2) is 0 Å². The molecule has 1 aromatic carbocycles. The van der Waals surface area contributed by atoms with Gasteiger partial charge in [-0.05, 0) is 31.4 Å². The number of likely N-dealkylation sites (tertiary alicyclic amines) is 1. The number of alkyl halides is 3. The van der Waals surface area contributed by atoms with Crippen LogP contribution in [0.5, 0.6) is 0 Å². The Morgan fingerprint density at radius 3 is 2.36 bits per heavy atom. The zero-order valence-corrected chi connectivity index (χ0v) is 15.6. The number of amides is 2. The lowest BCUT2D eigenvalue weighted by Gasteiger charge is -2.43. The first kappa shape index (κ1) is 22.1. The van der Waals surface area contributed by atoms with Crippen LogP contribution in [0, 0.1) is 17.6 Å². The van der Waals surface area contributed by atoms with Gasteiger partial charge in [0.2, 0.25) is 5.60 Å². The van der Waals surface area contributed by atoms with Crippen molar-refractivity contribution >= 4 is 11.8 Å². The number of hydrogen-bond acceptors (Lipinski definition) is 3. The summed E-state index contributed by atoms with van der Waals surface area (Å²) in [6.07, 6.45) is -4.97. The Hall–Kier alpha value is -2.23. The Morgan fingerprint density at radius 1 is 1.25 bits per heavy atom. The van der Waals surface area contributed by atoms with Crippen molar-refractivity contribution in [1.29, 1.82) is 0 Å². The maximum atomic E-state index is 13.9. The topological polar surface area (TPSA) is 60.9 Å². The zero-order valence-electron chi connectivity index (χ0n) is 15.6. The summed E-state index contributed by atoms with van der Waals surface area (Å²) in [7, 11) is 1.41. The molecular weight excluding hydrogens is 387 g/mol. The number of rotatable bonds is 3. The van der Waals surface area contributed by atoms with E-state index in [-0.39, 0.29) is 25.1 Å². The third-order valence-corrected chi connectivity index (χ3v) is 5.09. The second-order valence-corrected chi connectivity index (χ2v) is 7.19. The van der Waals surface area contributed by atoms with Crippen molar-refractivity contribution in [2.24, 2.45) is 5.92 Å². The minimum atomic E-state index is -5.11. The summed E-state index contributed by atoms with van der Waals surface area (Å²) >= 11 is 0. The zero-order chi connectivity index (χ0) is 21.4. The van der Waals surface area contributed by atoms with Gasteiger partial charge in [-0.1, -0.05) is 6.92 Å². The second-order valence-electron chi connectivity index (χ2n) is 7.19. The number of halogens is 5. The van der Waals surface area contributed by atoms with Crippen molar-refractivity contribution in [2.45, 2.75) is 38.1 Å². The third kappa shape index (κ3) is 4.11. The lowest BCUT2D eigenvalue weighted by atomic mass is 9.90. The molecule has 0 spiro atoms. The van der Waals surface area contributed by atoms with Gasteiger partial charge < -0.3 is 14.9 Å². The number of hydrogen-bond donors (Lipinski definition) is 1. The number of benzene rings is 1. The van der Waals surface area contributed by atoms with Crippen LogP contribution in [-0.4, -0.2) is 64.7 Å². The highest BCUT2D eigenvalue weighted by atomic mass is 19.4. The molecular formula is C18H21F5N2O3. The van der Waals surface area contributed by atoms with E-state index in [1.807, 2.05) is 0 Å². The molecule has 156 valence electrons. The van der Waals surface area contributed by atoms with E-state index < -0.39 is 47.2 Å². The summed E-state index contributed by atoms with van der Waals surface area (Å²) in [6.45, 7) is 1.82. The van der Waals surface area contributed by atoms with E-state index in [4.69, 9.17) is 0 Å². The Labute approximate surface area is 158 Å². The highest BCUT2D eigenvalue weighted by molar-refractivity contribution is 5.94. The van der Waals surface area contributed by atoms with Crippen molar-refractivity contribution in [3.8, 4) is 0 Å². The first-order valence-corrected chi connectivity index (χ1v) is 8.58. The smallest absolute Gasteiger partial charge is 0.373 e. The van der Waals surface area contributed by atoms with E-state index in [2.05, 4.69) is 0 Å². The minimum Gasteiger partial charge on any atom is -0.373 e. The van der Waals surface area contributed by atoms with Gasteiger partial charge in [0.25, 0.3) is 11.8 Å². The number of carbonyl (C=O) groups excluding carboxylic acids is 2. The molecule has 0 saturated carbocycles. The molecule has 2 rings (SSSR count). The Morgan fingerprint density at radius 2 is 1.86 bits per heavy atom. The molecule has 2 amide bonds. The normalized spacial score (nSPS) is 22.5.